The Labute approximate surface area is 79.7 Å². The molecular formula is C7H9N5O2. The Morgan fingerprint density at radius 3 is 2.50 bits per heavy atom. The molecule has 74 valence electrons. The fourth-order valence-corrected chi connectivity index (χ4v) is 0.883. The van der Waals surface area contributed by atoms with E-state index in [1.165, 1.54) is 12.1 Å². The number of hydrogen-bond donors (Lipinski definition) is 3. The summed E-state index contributed by atoms with van der Waals surface area (Å²) in [6, 6.07) is 8.08. The van der Waals surface area contributed by atoms with E-state index in [0.717, 1.165) is 0 Å². The second-order valence-corrected chi connectivity index (χ2v) is 2.41. The summed E-state index contributed by atoms with van der Waals surface area (Å²) in [4.78, 5) is 10.6. The van der Waals surface area contributed by atoms with Gasteiger partial charge in [-0.3, -0.25) is 5.41 Å². The van der Waals surface area contributed by atoms with Gasteiger partial charge in [0.25, 0.3) is 0 Å². The van der Waals surface area contributed by atoms with Gasteiger partial charge in [0.05, 0.1) is 0 Å². The first-order valence-electron chi connectivity index (χ1n) is 3.71. The molecule has 0 aliphatic heterocycles. The first-order chi connectivity index (χ1) is 6.61. The lowest BCUT2D eigenvalue weighted by Crippen LogP contribution is -2.49. The van der Waals surface area contributed by atoms with Crippen molar-refractivity contribution in [3.05, 3.63) is 40.4 Å². The standard InChI is InChI=1S/C7H9N5O2/c8-7(9)10-11(12(13)14)6-4-2-1-3-5-6/h1-5H,(H4,8,9,10). The second kappa shape index (κ2) is 4.08. The van der Waals surface area contributed by atoms with E-state index in [2.05, 4.69) is 5.43 Å². The topological polar surface area (TPSA) is 108 Å². The van der Waals surface area contributed by atoms with E-state index in [9.17, 15) is 10.1 Å². The van der Waals surface area contributed by atoms with Gasteiger partial charge >= 0.3 is 0 Å². The zero-order chi connectivity index (χ0) is 10.6. The van der Waals surface area contributed by atoms with Gasteiger partial charge in [-0.15, -0.1) is 0 Å². The summed E-state index contributed by atoms with van der Waals surface area (Å²) in [7, 11) is 0. The molecule has 0 bridgehead atoms. The van der Waals surface area contributed by atoms with Crippen LogP contribution in [0.3, 0.4) is 0 Å². The fourth-order valence-electron chi connectivity index (χ4n) is 0.883. The molecule has 0 amide bonds. The maximum Gasteiger partial charge on any atom is 0.209 e. The predicted molar refractivity (Wildman–Crippen MR) is 51.0 cm³/mol. The van der Waals surface area contributed by atoms with Crippen molar-refractivity contribution >= 4 is 11.6 Å². The van der Waals surface area contributed by atoms with Gasteiger partial charge in [0, 0.05) is 5.12 Å². The third-order valence-electron chi connectivity index (χ3n) is 1.39. The number of nitrogens with one attached hydrogen (secondary N) is 2. The lowest BCUT2D eigenvalue weighted by atomic mass is 10.3. The lowest BCUT2D eigenvalue weighted by Gasteiger charge is -2.13. The minimum absolute atomic E-state index is 0.299. The van der Waals surface area contributed by atoms with Crippen LogP contribution < -0.4 is 16.3 Å². The molecule has 0 aromatic heterocycles. The Balaban J connectivity index is 2.89. The Kier molecular flexibility index (Phi) is 2.85. The van der Waals surface area contributed by atoms with E-state index in [1.54, 1.807) is 18.2 Å². The first-order valence-corrected chi connectivity index (χ1v) is 3.71. The fraction of sp³-hybridized carbons (Fsp3) is 0. The summed E-state index contributed by atoms with van der Waals surface area (Å²) in [5, 5.41) is 17.3. The molecule has 0 aliphatic rings. The number of guanidine groups is 1. The quantitative estimate of drug-likeness (QED) is 0.274. The van der Waals surface area contributed by atoms with Crippen LogP contribution in [0.5, 0.6) is 0 Å². The van der Waals surface area contributed by atoms with Crippen LogP contribution in [0, 0.1) is 15.5 Å². The van der Waals surface area contributed by atoms with Crippen molar-refractivity contribution in [3.63, 3.8) is 0 Å². The average Bonchev–Trinajstić information content (AvgIpc) is 2.15. The zero-order valence-electron chi connectivity index (χ0n) is 7.18. The van der Waals surface area contributed by atoms with Crippen LogP contribution in [-0.2, 0) is 0 Å². The molecular weight excluding hydrogens is 186 g/mol. The van der Waals surface area contributed by atoms with E-state index >= 15 is 0 Å². The van der Waals surface area contributed by atoms with Crippen LogP contribution in [0.25, 0.3) is 0 Å². The number of nitro groups is 1. The minimum Gasteiger partial charge on any atom is -0.369 e. The monoisotopic (exact) mass is 195 g/mol. The molecule has 1 aromatic carbocycles. The Morgan fingerprint density at radius 2 is 2.07 bits per heavy atom. The summed E-state index contributed by atoms with van der Waals surface area (Å²) in [5.41, 5.74) is 7.38. The minimum atomic E-state index is -0.698. The highest BCUT2D eigenvalue weighted by Gasteiger charge is 2.16. The molecule has 0 saturated carbocycles. The molecule has 0 aliphatic carbocycles. The van der Waals surface area contributed by atoms with Gasteiger partial charge in [-0.25, -0.2) is 15.5 Å². The van der Waals surface area contributed by atoms with E-state index in [0.29, 0.717) is 10.8 Å². The molecule has 0 fully saturated rings. The van der Waals surface area contributed by atoms with Crippen molar-refractivity contribution in [2.45, 2.75) is 0 Å². The molecule has 14 heavy (non-hydrogen) atoms. The maximum atomic E-state index is 10.6. The summed E-state index contributed by atoms with van der Waals surface area (Å²) in [5.74, 6) is -0.495. The molecule has 7 nitrogen and oxygen atoms in total. The number of rotatable bonds is 3. The largest absolute Gasteiger partial charge is 0.369 e. The van der Waals surface area contributed by atoms with Crippen molar-refractivity contribution in [2.75, 3.05) is 5.12 Å². The Bertz CT molecular complexity index is 339. The summed E-state index contributed by atoms with van der Waals surface area (Å²) in [6.07, 6.45) is 0. The molecule has 4 N–H and O–H groups in total. The highest BCUT2D eigenvalue weighted by molar-refractivity contribution is 5.75. The van der Waals surface area contributed by atoms with Gasteiger partial charge in [0.2, 0.25) is 5.96 Å². The number of para-hydroxylation sites is 1. The number of nitrogens with zero attached hydrogens (tertiary/aromatic N) is 2. The molecule has 0 spiro atoms. The lowest BCUT2D eigenvalue weighted by molar-refractivity contribution is -0.500. The highest BCUT2D eigenvalue weighted by Crippen LogP contribution is 2.09. The normalized spacial score (nSPS) is 9.14. The molecule has 0 unspecified atom stereocenters. The van der Waals surface area contributed by atoms with Crippen LogP contribution in [-0.4, -0.2) is 11.0 Å². The van der Waals surface area contributed by atoms with E-state index in [4.69, 9.17) is 11.1 Å². The smallest absolute Gasteiger partial charge is 0.209 e. The maximum absolute atomic E-state index is 10.6. The van der Waals surface area contributed by atoms with Crippen LogP contribution in [0.4, 0.5) is 5.69 Å². The number of benzene rings is 1. The van der Waals surface area contributed by atoms with Crippen LogP contribution in [0.2, 0.25) is 0 Å². The molecule has 1 aromatic rings. The van der Waals surface area contributed by atoms with Crippen molar-refractivity contribution in [2.24, 2.45) is 5.73 Å². The molecule has 0 radical (unpaired) electrons. The number of hydrazine groups is 2. The molecule has 1 rings (SSSR count). The van der Waals surface area contributed by atoms with Gasteiger partial charge in [0.1, 0.15) is 5.69 Å². The third kappa shape index (κ3) is 2.34. The Morgan fingerprint density at radius 1 is 1.50 bits per heavy atom. The second-order valence-electron chi connectivity index (χ2n) is 2.41. The predicted octanol–water partition coefficient (Wildman–Crippen LogP) is 0.0828. The van der Waals surface area contributed by atoms with Crippen molar-refractivity contribution < 1.29 is 5.03 Å². The van der Waals surface area contributed by atoms with Crippen molar-refractivity contribution in [1.29, 1.82) is 5.41 Å². The molecule has 7 heteroatoms. The number of hydrogen-bond acceptors (Lipinski definition) is 3. The molecule has 0 heterocycles. The molecule has 0 atom stereocenters. The van der Waals surface area contributed by atoms with Gasteiger partial charge in [-0.1, -0.05) is 18.2 Å². The van der Waals surface area contributed by atoms with Crippen LogP contribution >= 0.6 is 0 Å². The summed E-state index contributed by atoms with van der Waals surface area (Å²) in [6.45, 7) is 0. The van der Waals surface area contributed by atoms with Crippen molar-refractivity contribution in [3.8, 4) is 0 Å². The summed E-state index contributed by atoms with van der Waals surface area (Å²) >= 11 is 0. The average molecular weight is 195 g/mol. The van der Waals surface area contributed by atoms with Crippen molar-refractivity contribution in [1.82, 2.24) is 5.43 Å². The van der Waals surface area contributed by atoms with Gasteiger partial charge in [-0.05, 0) is 12.1 Å². The zero-order valence-corrected chi connectivity index (χ0v) is 7.18. The summed E-state index contributed by atoms with van der Waals surface area (Å²) < 4.78 is 0. The van der Waals surface area contributed by atoms with E-state index < -0.39 is 11.0 Å². The highest BCUT2D eigenvalue weighted by atomic mass is 16.7. The van der Waals surface area contributed by atoms with Gasteiger partial charge in [-0.2, -0.15) is 0 Å². The van der Waals surface area contributed by atoms with Crippen LogP contribution in [0.1, 0.15) is 0 Å². The van der Waals surface area contributed by atoms with Crippen LogP contribution in [0.15, 0.2) is 30.3 Å². The van der Waals surface area contributed by atoms with E-state index in [-0.39, 0.29) is 0 Å². The van der Waals surface area contributed by atoms with Gasteiger partial charge < -0.3 is 5.73 Å². The number of nitrogens with two attached hydrogens (primary N) is 1. The SMILES string of the molecule is N=C(N)NN(c1ccccc1)[N+](=O)[O-]. The van der Waals surface area contributed by atoms with E-state index in [1.807, 2.05) is 0 Å². The Hall–Kier alpha value is -2.31. The molecule has 0 saturated heterocycles. The third-order valence-corrected chi connectivity index (χ3v) is 1.39. The first kappa shape index (κ1) is 9.78. The number of anilines is 1. The van der Waals surface area contributed by atoms with Gasteiger partial charge in [0.15, 0.2) is 5.03 Å².